The molecule has 1 N–H and O–H groups in total. The van der Waals surface area contributed by atoms with Crippen molar-refractivity contribution in [1.82, 2.24) is 9.88 Å². The van der Waals surface area contributed by atoms with Crippen LogP contribution in [0.1, 0.15) is 9.88 Å². The molecule has 1 amide bonds. The summed E-state index contributed by atoms with van der Waals surface area (Å²) in [4.78, 5) is 19.1. The molecule has 0 saturated heterocycles. The van der Waals surface area contributed by atoms with E-state index in [1.165, 1.54) is 0 Å². The van der Waals surface area contributed by atoms with Crippen molar-refractivity contribution in [2.24, 2.45) is 0 Å². The van der Waals surface area contributed by atoms with E-state index in [-0.39, 0.29) is 12.5 Å². The lowest BCUT2D eigenvalue weighted by Gasteiger charge is -2.17. The Hall–Kier alpha value is -1.79. The number of likely N-dealkylation sites (N-methyl/N-ethyl adjacent to an activating group) is 1. The number of aromatic nitrogens is 1. The Morgan fingerprint density at radius 1 is 1.50 bits per heavy atom. The number of hydrogen-bond acceptors (Lipinski definition) is 5. The number of amides is 1. The van der Waals surface area contributed by atoms with Gasteiger partial charge in [-0.2, -0.15) is 0 Å². The lowest BCUT2D eigenvalue weighted by molar-refractivity contribution is -0.128. The van der Waals surface area contributed by atoms with Crippen molar-refractivity contribution in [2.75, 3.05) is 26.0 Å². The largest absolute Gasteiger partial charge is 0.495 e. The third kappa shape index (κ3) is 4.35. The molecule has 0 bridgehead atoms. The van der Waals surface area contributed by atoms with Gasteiger partial charge in [0.05, 0.1) is 30.9 Å². The van der Waals surface area contributed by atoms with Gasteiger partial charge in [-0.25, -0.2) is 4.98 Å². The van der Waals surface area contributed by atoms with Gasteiger partial charge in [-0.15, -0.1) is 11.3 Å². The summed E-state index contributed by atoms with van der Waals surface area (Å²) in [5.74, 6) is 0.631. The zero-order valence-corrected chi connectivity index (χ0v) is 14.3. The Kier molecular flexibility index (Phi) is 5.63. The highest BCUT2D eigenvalue weighted by Gasteiger charge is 2.12. The molecule has 1 aromatic carbocycles. The predicted octanol–water partition coefficient (Wildman–Crippen LogP) is 3.18. The van der Waals surface area contributed by atoms with Crippen LogP contribution in [0.15, 0.2) is 24.4 Å². The molecule has 5 nitrogen and oxygen atoms in total. The van der Waals surface area contributed by atoms with Crippen LogP contribution in [0, 0.1) is 6.92 Å². The second kappa shape index (κ2) is 7.47. The average Bonchev–Trinajstić information content (AvgIpc) is 2.90. The van der Waals surface area contributed by atoms with Gasteiger partial charge in [-0.05, 0) is 25.1 Å². The van der Waals surface area contributed by atoms with Gasteiger partial charge in [0.25, 0.3) is 0 Å². The minimum Gasteiger partial charge on any atom is -0.495 e. The van der Waals surface area contributed by atoms with Gasteiger partial charge >= 0.3 is 0 Å². The SMILES string of the molecule is COc1ccc(Cl)cc1NCC(=O)N(C)Cc1cnc(C)s1. The van der Waals surface area contributed by atoms with Crippen molar-refractivity contribution in [3.8, 4) is 5.75 Å². The van der Waals surface area contributed by atoms with Crippen molar-refractivity contribution in [2.45, 2.75) is 13.5 Å². The third-order valence-electron chi connectivity index (χ3n) is 3.08. The minimum absolute atomic E-state index is 0.0203. The molecule has 0 radical (unpaired) electrons. The number of halogens is 1. The maximum atomic E-state index is 12.2. The first-order chi connectivity index (χ1) is 10.5. The predicted molar refractivity (Wildman–Crippen MR) is 89.8 cm³/mol. The molecule has 1 aromatic heterocycles. The molecule has 22 heavy (non-hydrogen) atoms. The minimum atomic E-state index is -0.0203. The molecule has 118 valence electrons. The summed E-state index contributed by atoms with van der Waals surface area (Å²) >= 11 is 7.56. The Labute approximate surface area is 138 Å². The molecule has 7 heteroatoms. The number of methoxy groups -OCH3 is 1. The van der Waals surface area contributed by atoms with Gasteiger partial charge in [0.15, 0.2) is 0 Å². The number of benzene rings is 1. The highest BCUT2D eigenvalue weighted by molar-refractivity contribution is 7.11. The van der Waals surface area contributed by atoms with Crippen LogP contribution in [-0.4, -0.2) is 36.5 Å². The maximum Gasteiger partial charge on any atom is 0.241 e. The average molecular weight is 340 g/mol. The zero-order chi connectivity index (χ0) is 16.1. The standard InChI is InChI=1S/C15H18ClN3O2S/c1-10-17-7-12(22-10)9-19(2)15(20)8-18-13-6-11(16)4-5-14(13)21-3/h4-7,18H,8-9H2,1-3H3. The van der Waals surface area contributed by atoms with Crippen LogP contribution in [-0.2, 0) is 11.3 Å². The molecule has 0 atom stereocenters. The first-order valence-electron chi connectivity index (χ1n) is 6.72. The first kappa shape index (κ1) is 16.6. The molecular formula is C15H18ClN3O2S. The highest BCUT2D eigenvalue weighted by atomic mass is 35.5. The molecular weight excluding hydrogens is 322 g/mol. The normalized spacial score (nSPS) is 10.4. The molecule has 0 spiro atoms. The van der Waals surface area contributed by atoms with Gasteiger partial charge in [0.1, 0.15) is 5.75 Å². The number of nitrogens with one attached hydrogen (secondary N) is 1. The van der Waals surface area contributed by atoms with Crippen molar-refractivity contribution in [3.05, 3.63) is 39.3 Å². The summed E-state index contributed by atoms with van der Waals surface area (Å²) in [5.41, 5.74) is 0.699. The summed E-state index contributed by atoms with van der Waals surface area (Å²) in [6.07, 6.45) is 1.80. The van der Waals surface area contributed by atoms with E-state index < -0.39 is 0 Å². The van der Waals surface area contributed by atoms with E-state index in [1.54, 1.807) is 54.8 Å². The van der Waals surface area contributed by atoms with Crippen molar-refractivity contribution >= 4 is 34.5 Å². The fraction of sp³-hybridized carbons (Fsp3) is 0.333. The Balaban J connectivity index is 1.93. The quantitative estimate of drug-likeness (QED) is 0.878. The fourth-order valence-electron chi connectivity index (χ4n) is 1.92. The third-order valence-corrected chi connectivity index (χ3v) is 4.21. The summed E-state index contributed by atoms with van der Waals surface area (Å²) in [5, 5.41) is 4.65. The first-order valence-corrected chi connectivity index (χ1v) is 7.91. The lowest BCUT2D eigenvalue weighted by atomic mass is 10.3. The van der Waals surface area contributed by atoms with E-state index in [9.17, 15) is 4.79 Å². The van der Waals surface area contributed by atoms with Gasteiger partial charge in [0.2, 0.25) is 5.91 Å². The molecule has 1 heterocycles. The van der Waals surface area contributed by atoms with E-state index in [0.717, 1.165) is 9.88 Å². The van der Waals surface area contributed by atoms with Gasteiger partial charge < -0.3 is 15.0 Å². The van der Waals surface area contributed by atoms with E-state index >= 15 is 0 Å². The van der Waals surface area contributed by atoms with Crippen LogP contribution in [0.5, 0.6) is 5.75 Å². The molecule has 0 aliphatic heterocycles. The van der Waals surface area contributed by atoms with Crippen LogP contribution in [0.25, 0.3) is 0 Å². The number of ether oxygens (including phenoxy) is 1. The molecule has 0 saturated carbocycles. The van der Waals surface area contributed by atoms with E-state index in [2.05, 4.69) is 10.3 Å². The maximum absolute atomic E-state index is 12.2. The topological polar surface area (TPSA) is 54.5 Å². The second-order valence-corrected chi connectivity index (χ2v) is 6.55. The van der Waals surface area contributed by atoms with Crippen LogP contribution in [0.3, 0.4) is 0 Å². The second-order valence-electron chi connectivity index (χ2n) is 4.79. The van der Waals surface area contributed by atoms with Gasteiger partial charge in [0, 0.05) is 23.1 Å². The molecule has 2 aromatic rings. The van der Waals surface area contributed by atoms with Gasteiger partial charge in [-0.1, -0.05) is 11.6 Å². The van der Waals surface area contributed by atoms with Crippen LogP contribution >= 0.6 is 22.9 Å². The number of anilines is 1. The van der Waals surface area contributed by atoms with Crippen LogP contribution in [0.4, 0.5) is 5.69 Å². The number of hydrogen-bond donors (Lipinski definition) is 1. The molecule has 0 unspecified atom stereocenters. The molecule has 2 rings (SSSR count). The van der Waals surface area contributed by atoms with Crippen molar-refractivity contribution < 1.29 is 9.53 Å². The molecule has 0 fully saturated rings. The van der Waals surface area contributed by atoms with Gasteiger partial charge in [-0.3, -0.25) is 4.79 Å². The fourth-order valence-corrected chi connectivity index (χ4v) is 2.95. The van der Waals surface area contributed by atoms with E-state index in [4.69, 9.17) is 16.3 Å². The number of carbonyl (C=O) groups is 1. The Morgan fingerprint density at radius 3 is 2.91 bits per heavy atom. The summed E-state index contributed by atoms with van der Waals surface area (Å²) in [7, 11) is 3.35. The smallest absolute Gasteiger partial charge is 0.241 e. The number of rotatable bonds is 6. The van der Waals surface area contributed by atoms with Crippen molar-refractivity contribution in [1.29, 1.82) is 0 Å². The van der Waals surface area contributed by atoms with E-state index in [1.807, 2.05) is 6.92 Å². The number of thiazole rings is 1. The van der Waals surface area contributed by atoms with Crippen LogP contribution in [0.2, 0.25) is 5.02 Å². The highest BCUT2D eigenvalue weighted by Crippen LogP contribution is 2.27. The summed E-state index contributed by atoms with van der Waals surface area (Å²) < 4.78 is 5.24. The van der Waals surface area contributed by atoms with E-state index in [0.29, 0.717) is 23.0 Å². The lowest BCUT2D eigenvalue weighted by Crippen LogP contribution is -2.31. The number of carbonyl (C=O) groups excluding carboxylic acids is 1. The van der Waals surface area contributed by atoms with Crippen molar-refractivity contribution in [3.63, 3.8) is 0 Å². The Morgan fingerprint density at radius 2 is 2.27 bits per heavy atom. The molecule has 0 aliphatic rings. The summed E-state index contributed by atoms with van der Waals surface area (Å²) in [6, 6.07) is 5.24. The summed E-state index contributed by atoms with van der Waals surface area (Å²) in [6.45, 7) is 2.67. The zero-order valence-electron chi connectivity index (χ0n) is 12.7. The number of aryl methyl sites for hydroxylation is 1. The monoisotopic (exact) mass is 339 g/mol. The Bertz CT molecular complexity index is 660. The van der Waals surface area contributed by atoms with Crippen LogP contribution < -0.4 is 10.1 Å². The molecule has 0 aliphatic carbocycles. The number of nitrogens with zero attached hydrogens (tertiary/aromatic N) is 2.